The number of rotatable bonds is 3. The van der Waals surface area contributed by atoms with Crippen molar-refractivity contribution in [2.75, 3.05) is 0 Å². The summed E-state index contributed by atoms with van der Waals surface area (Å²) in [6.45, 7) is 0. The molecule has 4 aromatic rings. The number of benzene rings is 3. The summed E-state index contributed by atoms with van der Waals surface area (Å²) in [6, 6.07) is 32.7. The van der Waals surface area contributed by atoms with Crippen LogP contribution in [0.4, 0.5) is 0 Å². The molecule has 0 saturated heterocycles. The molecule has 25 heavy (non-hydrogen) atoms. The Bertz CT molecular complexity index is 1020. The number of nitriles is 1. The average Bonchev–Trinajstić information content (AvgIpc) is 3.09. The van der Waals surface area contributed by atoms with Crippen LogP contribution in [0.3, 0.4) is 0 Å². The minimum atomic E-state index is 0.677. The zero-order valence-electron chi connectivity index (χ0n) is 13.6. The van der Waals surface area contributed by atoms with Gasteiger partial charge in [-0.25, -0.2) is 0 Å². The van der Waals surface area contributed by atoms with E-state index < -0.39 is 0 Å². The van der Waals surface area contributed by atoms with Crippen LogP contribution in [0.5, 0.6) is 0 Å². The number of hydrogen-bond acceptors (Lipinski definition) is 1. The molecule has 3 aromatic carbocycles. The van der Waals surface area contributed by atoms with E-state index in [0.717, 1.165) is 33.6 Å². The molecule has 0 atom stereocenters. The lowest BCUT2D eigenvalue weighted by molar-refractivity contribution is 1.38. The van der Waals surface area contributed by atoms with Crippen LogP contribution in [0, 0.1) is 11.3 Å². The third-order valence-corrected chi connectivity index (χ3v) is 4.30. The molecule has 0 unspecified atom stereocenters. The number of H-pyrrole nitrogens is 1. The standard InChI is InChI=1S/C23H16N2/c24-16-20-21(17-10-4-1-5-11-17)23(19-14-8-3-9-15-19)25-22(20)18-12-6-2-7-13-18/h1-15,25H. The Morgan fingerprint density at radius 1 is 0.560 bits per heavy atom. The molecule has 0 aliphatic heterocycles. The summed E-state index contributed by atoms with van der Waals surface area (Å²) in [5.74, 6) is 0. The Kier molecular flexibility index (Phi) is 3.90. The van der Waals surface area contributed by atoms with Gasteiger partial charge in [-0.05, 0) is 16.7 Å². The zero-order chi connectivity index (χ0) is 17.1. The van der Waals surface area contributed by atoms with Gasteiger partial charge in [-0.15, -0.1) is 0 Å². The maximum absolute atomic E-state index is 9.91. The van der Waals surface area contributed by atoms with Crippen molar-refractivity contribution in [2.45, 2.75) is 0 Å². The van der Waals surface area contributed by atoms with Crippen molar-refractivity contribution in [3.05, 3.63) is 96.6 Å². The number of hydrogen-bond donors (Lipinski definition) is 1. The van der Waals surface area contributed by atoms with E-state index in [4.69, 9.17) is 0 Å². The third-order valence-electron chi connectivity index (χ3n) is 4.30. The van der Waals surface area contributed by atoms with Gasteiger partial charge < -0.3 is 4.98 Å². The average molecular weight is 320 g/mol. The van der Waals surface area contributed by atoms with Crippen LogP contribution in [0.25, 0.3) is 33.6 Å². The van der Waals surface area contributed by atoms with Gasteiger partial charge in [0, 0.05) is 5.56 Å². The van der Waals surface area contributed by atoms with E-state index in [0.29, 0.717) is 5.56 Å². The molecule has 4 rings (SSSR count). The van der Waals surface area contributed by atoms with Gasteiger partial charge in [-0.2, -0.15) is 5.26 Å². The molecule has 1 N–H and O–H groups in total. The first kappa shape index (κ1) is 15.0. The highest BCUT2D eigenvalue weighted by atomic mass is 14.7. The molecule has 0 aliphatic rings. The minimum absolute atomic E-state index is 0.677. The molecule has 2 nitrogen and oxygen atoms in total. The van der Waals surface area contributed by atoms with E-state index in [1.54, 1.807) is 0 Å². The molecule has 2 heteroatoms. The summed E-state index contributed by atoms with van der Waals surface area (Å²) in [5.41, 5.74) is 6.59. The Balaban J connectivity index is 2.04. The second-order valence-electron chi connectivity index (χ2n) is 5.83. The molecule has 0 radical (unpaired) electrons. The zero-order valence-corrected chi connectivity index (χ0v) is 13.6. The highest BCUT2D eigenvalue weighted by molar-refractivity contribution is 5.91. The van der Waals surface area contributed by atoms with Crippen molar-refractivity contribution in [3.8, 4) is 39.7 Å². The summed E-state index contributed by atoms with van der Waals surface area (Å²) in [5, 5.41) is 9.91. The number of aromatic amines is 1. The number of nitrogens with one attached hydrogen (secondary N) is 1. The van der Waals surface area contributed by atoms with Crippen LogP contribution in [0.2, 0.25) is 0 Å². The normalized spacial score (nSPS) is 10.4. The largest absolute Gasteiger partial charge is 0.353 e. The van der Waals surface area contributed by atoms with Crippen LogP contribution in [0.15, 0.2) is 91.0 Å². The molecular weight excluding hydrogens is 304 g/mol. The molecule has 1 heterocycles. The number of nitrogens with zero attached hydrogens (tertiary/aromatic N) is 1. The van der Waals surface area contributed by atoms with E-state index in [-0.39, 0.29) is 0 Å². The van der Waals surface area contributed by atoms with Gasteiger partial charge in [0.25, 0.3) is 0 Å². The Labute approximate surface area is 147 Å². The Morgan fingerprint density at radius 2 is 1.00 bits per heavy atom. The van der Waals surface area contributed by atoms with E-state index in [9.17, 15) is 5.26 Å². The Hall–Kier alpha value is -3.57. The SMILES string of the molecule is N#Cc1c(-c2ccccc2)[nH]c(-c2ccccc2)c1-c1ccccc1. The van der Waals surface area contributed by atoms with Crippen molar-refractivity contribution >= 4 is 0 Å². The summed E-state index contributed by atoms with van der Waals surface area (Å²) < 4.78 is 0. The highest BCUT2D eigenvalue weighted by Gasteiger charge is 2.20. The van der Waals surface area contributed by atoms with E-state index in [1.165, 1.54) is 0 Å². The van der Waals surface area contributed by atoms with E-state index >= 15 is 0 Å². The lowest BCUT2D eigenvalue weighted by Gasteiger charge is -2.05. The van der Waals surface area contributed by atoms with Crippen LogP contribution >= 0.6 is 0 Å². The van der Waals surface area contributed by atoms with Crippen molar-refractivity contribution in [2.24, 2.45) is 0 Å². The van der Waals surface area contributed by atoms with Crippen LogP contribution in [-0.2, 0) is 0 Å². The molecule has 118 valence electrons. The van der Waals surface area contributed by atoms with Gasteiger partial charge in [-0.3, -0.25) is 0 Å². The minimum Gasteiger partial charge on any atom is -0.353 e. The summed E-state index contributed by atoms with van der Waals surface area (Å²) in [4.78, 5) is 3.51. The first-order valence-electron chi connectivity index (χ1n) is 8.21. The van der Waals surface area contributed by atoms with Crippen LogP contribution < -0.4 is 0 Å². The fourth-order valence-electron chi connectivity index (χ4n) is 3.15. The number of aromatic nitrogens is 1. The van der Waals surface area contributed by atoms with Gasteiger partial charge in [0.1, 0.15) is 6.07 Å². The predicted octanol–water partition coefficient (Wildman–Crippen LogP) is 5.89. The monoisotopic (exact) mass is 320 g/mol. The first-order chi connectivity index (χ1) is 12.4. The lowest BCUT2D eigenvalue weighted by Crippen LogP contribution is -1.84. The molecule has 0 aliphatic carbocycles. The molecule has 0 spiro atoms. The topological polar surface area (TPSA) is 39.6 Å². The first-order valence-corrected chi connectivity index (χ1v) is 8.21. The summed E-state index contributed by atoms with van der Waals surface area (Å²) >= 11 is 0. The van der Waals surface area contributed by atoms with Crippen molar-refractivity contribution in [3.63, 3.8) is 0 Å². The van der Waals surface area contributed by atoms with Gasteiger partial charge in [0.15, 0.2) is 0 Å². The smallest absolute Gasteiger partial charge is 0.102 e. The van der Waals surface area contributed by atoms with Crippen molar-refractivity contribution in [1.29, 1.82) is 5.26 Å². The predicted molar refractivity (Wildman–Crippen MR) is 102 cm³/mol. The van der Waals surface area contributed by atoms with Gasteiger partial charge in [-0.1, -0.05) is 91.0 Å². The van der Waals surface area contributed by atoms with Crippen LogP contribution in [0.1, 0.15) is 5.56 Å². The van der Waals surface area contributed by atoms with E-state index in [2.05, 4.69) is 23.2 Å². The van der Waals surface area contributed by atoms with Gasteiger partial charge >= 0.3 is 0 Å². The van der Waals surface area contributed by atoms with Crippen molar-refractivity contribution in [1.82, 2.24) is 4.98 Å². The van der Waals surface area contributed by atoms with E-state index in [1.807, 2.05) is 78.9 Å². The fourth-order valence-corrected chi connectivity index (χ4v) is 3.15. The molecular formula is C23H16N2. The quantitative estimate of drug-likeness (QED) is 0.502. The lowest BCUT2D eigenvalue weighted by atomic mass is 9.96. The third kappa shape index (κ3) is 2.73. The second kappa shape index (κ2) is 6.51. The fraction of sp³-hybridized carbons (Fsp3) is 0. The maximum atomic E-state index is 9.91. The summed E-state index contributed by atoms with van der Waals surface area (Å²) in [7, 11) is 0. The molecule has 1 aromatic heterocycles. The van der Waals surface area contributed by atoms with Crippen molar-refractivity contribution < 1.29 is 0 Å². The van der Waals surface area contributed by atoms with Crippen LogP contribution in [-0.4, -0.2) is 4.98 Å². The molecule has 0 amide bonds. The second-order valence-corrected chi connectivity index (χ2v) is 5.83. The maximum Gasteiger partial charge on any atom is 0.102 e. The molecule has 0 bridgehead atoms. The Morgan fingerprint density at radius 3 is 1.48 bits per heavy atom. The summed E-state index contributed by atoms with van der Waals surface area (Å²) in [6.07, 6.45) is 0. The van der Waals surface area contributed by atoms with Gasteiger partial charge in [0.2, 0.25) is 0 Å². The molecule has 0 fully saturated rings. The molecule has 0 saturated carbocycles. The van der Waals surface area contributed by atoms with Gasteiger partial charge in [0.05, 0.1) is 17.0 Å². The highest BCUT2D eigenvalue weighted by Crippen LogP contribution is 2.39.